The first kappa shape index (κ1) is 23.7. The van der Waals surface area contributed by atoms with Gasteiger partial charge < -0.3 is 9.84 Å². The third-order valence-electron chi connectivity index (χ3n) is 5.24. The number of amides is 1. The fourth-order valence-electron chi connectivity index (χ4n) is 3.61. The lowest BCUT2D eigenvalue weighted by atomic mass is 10.0. The Hall–Kier alpha value is -3.43. The van der Waals surface area contributed by atoms with Crippen molar-refractivity contribution in [2.45, 2.75) is 20.3 Å². The number of carboxylic acid groups (broad SMARTS) is 1. The van der Waals surface area contributed by atoms with Gasteiger partial charge in [-0.3, -0.25) is 14.5 Å². The normalized spacial score (nSPS) is 14.8. The standard InChI is InChI=1S/C25H23N3O4S2/c1-3-32-19-9-10-20(16(2)13-19)23-17(15-28(26-23)18-7-5-4-6-8-18)14-21-24(31)27(25(33)34-21)12-11-22(29)30/h4-10,13-15H,3,11-12H2,1-2H3,(H,29,30)/b21-14-. The van der Waals surface area contributed by atoms with Gasteiger partial charge in [-0.25, -0.2) is 4.68 Å². The zero-order chi connectivity index (χ0) is 24.2. The predicted octanol–water partition coefficient (Wildman–Crippen LogP) is 4.92. The van der Waals surface area contributed by atoms with E-state index in [9.17, 15) is 9.59 Å². The van der Waals surface area contributed by atoms with Crippen molar-refractivity contribution in [1.82, 2.24) is 14.7 Å². The van der Waals surface area contributed by atoms with Crippen molar-refractivity contribution in [3.05, 3.63) is 70.8 Å². The number of rotatable bonds is 8. The van der Waals surface area contributed by atoms with E-state index in [-0.39, 0.29) is 18.9 Å². The molecular formula is C25H23N3O4S2. The monoisotopic (exact) mass is 493 g/mol. The van der Waals surface area contributed by atoms with Crippen LogP contribution in [0.4, 0.5) is 0 Å². The number of aliphatic carboxylic acids is 1. The second kappa shape index (κ2) is 10.2. The molecule has 3 aromatic rings. The Morgan fingerprint density at radius 3 is 2.68 bits per heavy atom. The Morgan fingerprint density at radius 2 is 2.00 bits per heavy atom. The van der Waals surface area contributed by atoms with Crippen LogP contribution in [-0.4, -0.2) is 49.1 Å². The van der Waals surface area contributed by atoms with E-state index in [4.69, 9.17) is 27.2 Å². The number of aromatic nitrogens is 2. The molecule has 9 heteroatoms. The average Bonchev–Trinajstić information content (AvgIpc) is 3.34. The Morgan fingerprint density at radius 1 is 1.24 bits per heavy atom. The molecule has 0 saturated carbocycles. The zero-order valence-corrected chi connectivity index (χ0v) is 20.4. The van der Waals surface area contributed by atoms with Crippen LogP contribution in [0.15, 0.2) is 59.6 Å². The maximum atomic E-state index is 13.0. The van der Waals surface area contributed by atoms with Crippen LogP contribution in [0, 0.1) is 6.92 Å². The van der Waals surface area contributed by atoms with Crippen LogP contribution >= 0.6 is 24.0 Å². The summed E-state index contributed by atoms with van der Waals surface area (Å²) in [5, 5.41) is 13.8. The summed E-state index contributed by atoms with van der Waals surface area (Å²) in [6.07, 6.45) is 3.49. The van der Waals surface area contributed by atoms with Crippen LogP contribution in [0.2, 0.25) is 0 Å². The molecule has 1 N–H and O–H groups in total. The van der Waals surface area contributed by atoms with Gasteiger partial charge in [-0.05, 0) is 55.8 Å². The lowest BCUT2D eigenvalue weighted by Crippen LogP contribution is -2.30. The number of carboxylic acids is 1. The Kier molecular flexibility index (Phi) is 7.14. The van der Waals surface area contributed by atoms with Gasteiger partial charge in [0.15, 0.2) is 0 Å². The Balaban J connectivity index is 1.76. The molecule has 1 aliphatic rings. The van der Waals surface area contributed by atoms with Crippen molar-refractivity contribution in [2.75, 3.05) is 13.2 Å². The Bertz CT molecular complexity index is 1280. The minimum absolute atomic E-state index is 0.0471. The van der Waals surface area contributed by atoms with Crippen LogP contribution in [0.5, 0.6) is 5.75 Å². The van der Waals surface area contributed by atoms with Crippen molar-refractivity contribution in [3.63, 3.8) is 0 Å². The van der Waals surface area contributed by atoms with Gasteiger partial charge in [-0.15, -0.1) is 0 Å². The summed E-state index contributed by atoms with van der Waals surface area (Å²) in [5.41, 5.74) is 4.29. The van der Waals surface area contributed by atoms with Crippen molar-refractivity contribution < 1.29 is 19.4 Å². The molecule has 1 aromatic heterocycles. The molecule has 0 aliphatic carbocycles. The first-order valence-electron chi connectivity index (χ1n) is 10.7. The predicted molar refractivity (Wildman–Crippen MR) is 137 cm³/mol. The molecular weight excluding hydrogens is 470 g/mol. The minimum Gasteiger partial charge on any atom is -0.494 e. The third-order valence-corrected chi connectivity index (χ3v) is 6.61. The number of carbonyl (C=O) groups excluding carboxylic acids is 1. The summed E-state index contributed by atoms with van der Waals surface area (Å²) in [6.45, 7) is 4.56. The first-order valence-corrected chi connectivity index (χ1v) is 12.0. The fourth-order valence-corrected chi connectivity index (χ4v) is 4.91. The zero-order valence-electron chi connectivity index (χ0n) is 18.7. The molecule has 7 nitrogen and oxygen atoms in total. The quantitative estimate of drug-likeness (QED) is 0.352. The number of hydrogen-bond donors (Lipinski definition) is 1. The third kappa shape index (κ3) is 5.05. The van der Waals surface area contributed by atoms with Crippen LogP contribution in [0.3, 0.4) is 0 Å². The number of carbonyl (C=O) groups is 2. The van der Waals surface area contributed by atoms with Gasteiger partial charge >= 0.3 is 5.97 Å². The molecule has 174 valence electrons. The second-order valence-corrected chi connectivity index (χ2v) is 9.28. The number of para-hydroxylation sites is 1. The summed E-state index contributed by atoms with van der Waals surface area (Å²) < 4.78 is 7.75. The molecule has 34 heavy (non-hydrogen) atoms. The van der Waals surface area contributed by atoms with Gasteiger partial charge in [0.25, 0.3) is 5.91 Å². The lowest BCUT2D eigenvalue weighted by Gasteiger charge is -2.12. The van der Waals surface area contributed by atoms with Gasteiger partial charge in [0, 0.05) is 23.9 Å². The van der Waals surface area contributed by atoms with E-state index >= 15 is 0 Å². The first-order chi connectivity index (χ1) is 16.4. The van der Waals surface area contributed by atoms with E-state index in [0.29, 0.717) is 15.8 Å². The number of hydrogen-bond acceptors (Lipinski definition) is 6. The molecule has 0 bridgehead atoms. The highest BCUT2D eigenvalue weighted by molar-refractivity contribution is 8.26. The largest absolute Gasteiger partial charge is 0.494 e. The van der Waals surface area contributed by atoms with Crippen molar-refractivity contribution >= 4 is 46.3 Å². The second-order valence-electron chi connectivity index (χ2n) is 7.60. The lowest BCUT2D eigenvalue weighted by molar-refractivity contribution is -0.137. The number of thiocarbonyl (C=S) groups is 1. The van der Waals surface area contributed by atoms with Crippen molar-refractivity contribution in [3.8, 4) is 22.7 Å². The molecule has 0 unspecified atom stereocenters. The summed E-state index contributed by atoms with van der Waals surface area (Å²) in [7, 11) is 0. The van der Waals surface area contributed by atoms with E-state index < -0.39 is 5.97 Å². The van der Waals surface area contributed by atoms with E-state index in [1.54, 1.807) is 10.8 Å². The van der Waals surface area contributed by atoms with Gasteiger partial charge in [0.05, 0.1) is 23.6 Å². The van der Waals surface area contributed by atoms with Crippen LogP contribution in [0.25, 0.3) is 23.0 Å². The highest BCUT2D eigenvalue weighted by Gasteiger charge is 2.32. The number of aryl methyl sites for hydroxylation is 1. The molecule has 2 heterocycles. The molecule has 1 saturated heterocycles. The number of thioether (sulfide) groups is 1. The van der Waals surface area contributed by atoms with E-state index in [1.807, 2.05) is 68.6 Å². The van der Waals surface area contributed by atoms with Gasteiger partial charge in [-0.2, -0.15) is 5.10 Å². The van der Waals surface area contributed by atoms with Crippen molar-refractivity contribution in [1.29, 1.82) is 0 Å². The number of benzene rings is 2. The SMILES string of the molecule is CCOc1ccc(-c2nn(-c3ccccc3)cc2/C=C2\SC(=S)N(CCC(=O)O)C2=O)c(C)c1. The highest BCUT2D eigenvalue weighted by atomic mass is 32.2. The summed E-state index contributed by atoms with van der Waals surface area (Å²) in [6, 6.07) is 15.6. The van der Waals surface area contributed by atoms with Crippen LogP contribution in [-0.2, 0) is 9.59 Å². The maximum Gasteiger partial charge on any atom is 0.305 e. The van der Waals surface area contributed by atoms with Crippen LogP contribution in [0.1, 0.15) is 24.5 Å². The number of ether oxygens (including phenoxy) is 1. The molecule has 1 amide bonds. The summed E-state index contributed by atoms with van der Waals surface area (Å²) >= 11 is 6.50. The van der Waals surface area contributed by atoms with Crippen molar-refractivity contribution in [2.24, 2.45) is 0 Å². The fraction of sp³-hybridized carbons (Fsp3) is 0.200. The number of nitrogens with zero attached hydrogens (tertiary/aromatic N) is 3. The molecule has 1 aliphatic heterocycles. The van der Waals surface area contributed by atoms with Gasteiger partial charge in [0.1, 0.15) is 15.8 Å². The smallest absolute Gasteiger partial charge is 0.305 e. The van der Waals surface area contributed by atoms with Crippen LogP contribution < -0.4 is 4.74 Å². The molecule has 4 rings (SSSR count). The highest BCUT2D eigenvalue weighted by Crippen LogP contribution is 2.36. The van der Waals surface area contributed by atoms with E-state index in [2.05, 4.69) is 0 Å². The summed E-state index contributed by atoms with van der Waals surface area (Å²) in [5.74, 6) is -0.486. The van der Waals surface area contributed by atoms with E-state index in [0.717, 1.165) is 33.8 Å². The molecule has 1 fully saturated rings. The average molecular weight is 494 g/mol. The molecule has 0 spiro atoms. The summed E-state index contributed by atoms with van der Waals surface area (Å²) in [4.78, 5) is 25.7. The topological polar surface area (TPSA) is 84.7 Å². The molecule has 2 aromatic carbocycles. The molecule has 0 atom stereocenters. The van der Waals surface area contributed by atoms with E-state index in [1.165, 1.54) is 16.7 Å². The molecule has 0 radical (unpaired) electrons. The maximum absolute atomic E-state index is 13.0. The Labute approximate surface area is 207 Å². The van der Waals surface area contributed by atoms with Gasteiger partial charge in [0.2, 0.25) is 0 Å². The minimum atomic E-state index is -0.976. The van der Waals surface area contributed by atoms with Gasteiger partial charge in [-0.1, -0.05) is 42.2 Å².